The maximum Gasteiger partial charge on any atom is 0.317 e. The summed E-state index contributed by atoms with van der Waals surface area (Å²) in [7, 11) is 0. The Bertz CT molecular complexity index is 364. The summed E-state index contributed by atoms with van der Waals surface area (Å²) in [5.41, 5.74) is 0.970. The molecule has 92 valence electrons. The zero-order chi connectivity index (χ0) is 12.7. The predicted octanol–water partition coefficient (Wildman–Crippen LogP) is 1.29. The third-order valence-electron chi connectivity index (χ3n) is 2.48. The molecule has 0 aliphatic carbocycles. The Kier molecular flexibility index (Phi) is 5.39. The van der Waals surface area contributed by atoms with Crippen LogP contribution in [0.25, 0.3) is 0 Å². The number of benzene rings is 1. The Morgan fingerprint density at radius 3 is 2.53 bits per heavy atom. The first-order valence-corrected chi connectivity index (χ1v) is 5.43. The SMILES string of the molecule is C=CC(c1ccccc1)N(CCO)CC(=O)O. The number of nitrogens with zero attached hydrogens (tertiary/aromatic N) is 1. The van der Waals surface area contributed by atoms with Gasteiger partial charge in [0.2, 0.25) is 0 Å². The molecule has 4 heteroatoms. The zero-order valence-corrected chi connectivity index (χ0v) is 9.62. The van der Waals surface area contributed by atoms with E-state index in [-0.39, 0.29) is 19.2 Å². The summed E-state index contributed by atoms with van der Waals surface area (Å²) in [5, 5.41) is 17.8. The first-order chi connectivity index (χ1) is 8.19. The van der Waals surface area contributed by atoms with Gasteiger partial charge in [-0.15, -0.1) is 6.58 Å². The van der Waals surface area contributed by atoms with Gasteiger partial charge in [0, 0.05) is 6.54 Å². The van der Waals surface area contributed by atoms with Crippen molar-refractivity contribution in [1.29, 1.82) is 0 Å². The Labute approximate surface area is 101 Å². The molecule has 0 fully saturated rings. The van der Waals surface area contributed by atoms with Gasteiger partial charge in [0.15, 0.2) is 0 Å². The zero-order valence-electron chi connectivity index (χ0n) is 9.62. The number of rotatable bonds is 7. The highest BCUT2D eigenvalue weighted by Crippen LogP contribution is 2.20. The molecule has 0 spiro atoms. The van der Waals surface area contributed by atoms with E-state index in [1.165, 1.54) is 0 Å². The molecule has 17 heavy (non-hydrogen) atoms. The Morgan fingerprint density at radius 1 is 1.41 bits per heavy atom. The van der Waals surface area contributed by atoms with Crippen LogP contribution < -0.4 is 0 Å². The Morgan fingerprint density at radius 2 is 2.06 bits per heavy atom. The van der Waals surface area contributed by atoms with Crippen molar-refractivity contribution in [3.63, 3.8) is 0 Å². The lowest BCUT2D eigenvalue weighted by Gasteiger charge is -2.27. The van der Waals surface area contributed by atoms with Crippen LogP contribution in [-0.4, -0.2) is 40.8 Å². The second kappa shape index (κ2) is 6.83. The van der Waals surface area contributed by atoms with Crippen molar-refractivity contribution in [3.8, 4) is 0 Å². The van der Waals surface area contributed by atoms with Gasteiger partial charge >= 0.3 is 5.97 Å². The second-order valence-corrected chi connectivity index (χ2v) is 3.68. The fourth-order valence-corrected chi connectivity index (χ4v) is 1.76. The fraction of sp³-hybridized carbons (Fsp3) is 0.308. The van der Waals surface area contributed by atoms with Crippen LogP contribution in [0.3, 0.4) is 0 Å². The highest BCUT2D eigenvalue weighted by molar-refractivity contribution is 5.69. The number of hydrogen-bond acceptors (Lipinski definition) is 3. The highest BCUT2D eigenvalue weighted by Gasteiger charge is 2.19. The molecule has 1 aromatic rings. The highest BCUT2D eigenvalue weighted by atomic mass is 16.4. The van der Waals surface area contributed by atoms with Crippen LogP contribution in [0.1, 0.15) is 11.6 Å². The van der Waals surface area contributed by atoms with Gasteiger partial charge in [-0.2, -0.15) is 0 Å². The molecule has 4 nitrogen and oxygen atoms in total. The molecule has 2 N–H and O–H groups in total. The average molecular weight is 235 g/mol. The van der Waals surface area contributed by atoms with Gasteiger partial charge in [0.25, 0.3) is 0 Å². The van der Waals surface area contributed by atoms with E-state index in [4.69, 9.17) is 10.2 Å². The molecule has 0 heterocycles. The van der Waals surface area contributed by atoms with Gasteiger partial charge in [-0.25, -0.2) is 0 Å². The average Bonchev–Trinajstić information content (AvgIpc) is 2.31. The Hall–Kier alpha value is -1.65. The topological polar surface area (TPSA) is 60.8 Å². The summed E-state index contributed by atoms with van der Waals surface area (Å²) >= 11 is 0. The van der Waals surface area contributed by atoms with Gasteiger partial charge in [-0.3, -0.25) is 9.69 Å². The summed E-state index contributed by atoms with van der Waals surface area (Å²) < 4.78 is 0. The minimum absolute atomic E-state index is 0.0789. The van der Waals surface area contributed by atoms with E-state index in [0.717, 1.165) is 5.56 Å². The number of aliphatic hydroxyl groups excluding tert-OH is 1. The van der Waals surface area contributed by atoms with Crippen LogP contribution in [-0.2, 0) is 4.79 Å². The lowest BCUT2D eigenvalue weighted by molar-refractivity contribution is -0.138. The van der Waals surface area contributed by atoms with Crippen molar-refractivity contribution in [2.45, 2.75) is 6.04 Å². The summed E-state index contributed by atoms with van der Waals surface area (Å²) in [6.45, 7) is 3.84. The smallest absolute Gasteiger partial charge is 0.317 e. The molecule has 1 rings (SSSR count). The largest absolute Gasteiger partial charge is 0.480 e. The summed E-state index contributed by atoms with van der Waals surface area (Å²) in [6, 6.07) is 9.32. The van der Waals surface area contributed by atoms with Gasteiger partial charge in [0.05, 0.1) is 19.2 Å². The number of aliphatic carboxylic acids is 1. The molecule has 1 atom stereocenters. The summed E-state index contributed by atoms with van der Waals surface area (Å²) in [5.74, 6) is -0.916. The van der Waals surface area contributed by atoms with Gasteiger partial charge in [0.1, 0.15) is 0 Å². The van der Waals surface area contributed by atoms with E-state index < -0.39 is 5.97 Å². The molecule has 0 bridgehead atoms. The lowest BCUT2D eigenvalue weighted by atomic mass is 10.1. The van der Waals surface area contributed by atoms with E-state index in [2.05, 4.69) is 6.58 Å². The normalized spacial score (nSPS) is 12.4. The maximum absolute atomic E-state index is 10.8. The van der Waals surface area contributed by atoms with Crippen LogP contribution in [0.15, 0.2) is 43.0 Å². The van der Waals surface area contributed by atoms with Crippen LogP contribution >= 0.6 is 0 Å². The summed E-state index contributed by atoms with van der Waals surface area (Å²) in [6.07, 6.45) is 1.69. The van der Waals surface area contributed by atoms with Gasteiger partial charge in [-0.1, -0.05) is 36.4 Å². The van der Waals surface area contributed by atoms with Crippen molar-refractivity contribution in [2.24, 2.45) is 0 Å². The number of hydrogen-bond donors (Lipinski definition) is 2. The number of carbonyl (C=O) groups is 1. The van der Waals surface area contributed by atoms with Crippen LogP contribution in [0.2, 0.25) is 0 Å². The first-order valence-electron chi connectivity index (χ1n) is 5.43. The van der Waals surface area contributed by atoms with E-state index >= 15 is 0 Å². The van der Waals surface area contributed by atoms with Gasteiger partial charge < -0.3 is 10.2 Å². The predicted molar refractivity (Wildman–Crippen MR) is 65.7 cm³/mol. The molecule has 1 unspecified atom stereocenters. The molecule has 0 aromatic heterocycles. The standard InChI is InChI=1S/C13H17NO3/c1-2-12(11-6-4-3-5-7-11)14(8-9-15)10-13(16)17/h2-7,12,15H,1,8-10H2,(H,16,17). The summed E-state index contributed by atoms with van der Waals surface area (Å²) in [4.78, 5) is 12.4. The van der Waals surface area contributed by atoms with Gasteiger partial charge in [-0.05, 0) is 5.56 Å². The molecule has 1 aromatic carbocycles. The maximum atomic E-state index is 10.8. The van der Waals surface area contributed by atoms with Crippen molar-refractivity contribution in [2.75, 3.05) is 19.7 Å². The fourth-order valence-electron chi connectivity index (χ4n) is 1.76. The molecule has 0 aliphatic heterocycles. The minimum Gasteiger partial charge on any atom is -0.480 e. The molecular formula is C13H17NO3. The van der Waals surface area contributed by atoms with Crippen molar-refractivity contribution in [3.05, 3.63) is 48.6 Å². The number of carboxylic acids is 1. The molecule has 0 amide bonds. The van der Waals surface area contributed by atoms with Crippen LogP contribution in [0, 0.1) is 0 Å². The molecule has 0 radical (unpaired) electrons. The molecule has 0 saturated carbocycles. The molecular weight excluding hydrogens is 218 g/mol. The third kappa shape index (κ3) is 4.01. The van der Waals surface area contributed by atoms with E-state index in [1.807, 2.05) is 30.3 Å². The number of carboxylic acid groups (broad SMARTS) is 1. The van der Waals surface area contributed by atoms with Crippen molar-refractivity contribution < 1.29 is 15.0 Å². The quantitative estimate of drug-likeness (QED) is 0.699. The van der Waals surface area contributed by atoms with E-state index in [0.29, 0.717) is 6.54 Å². The van der Waals surface area contributed by atoms with Crippen LogP contribution in [0.4, 0.5) is 0 Å². The van der Waals surface area contributed by atoms with Crippen molar-refractivity contribution >= 4 is 5.97 Å². The van der Waals surface area contributed by atoms with Crippen molar-refractivity contribution in [1.82, 2.24) is 4.90 Å². The van der Waals surface area contributed by atoms with E-state index in [1.54, 1.807) is 11.0 Å². The molecule has 0 saturated heterocycles. The first kappa shape index (κ1) is 13.4. The Balaban J connectivity index is 2.88. The number of aliphatic hydroxyl groups is 1. The minimum atomic E-state index is -0.916. The third-order valence-corrected chi connectivity index (χ3v) is 2.48. The second-order valence-electron chi connectivity index (χ2n) is 3.68. The van der Waals surface area contributed by atoms with Crippen LogP contribution in [0.5, 0.6) is 0 Å². The molecule has 0 aliphatic rings. The monoisotopic (exact) mass is 235 g/mol. The lowest BCUT2D eigenvalue weighted by Crippen LogP contribution is -2.35. The van der Waals surface area contributed by atoms with E-state index in [9.17, 15) is 4.79 Å².